The molecule has 2 aromatic rings. The van der Waals surface area contributed by atoms with Crippen molar-refractivity contribution in [1.29, 1.82) is 0 Å². The van der Waals surface area contributed by atoms with E-state index in [2.05, 4.69) is 11.4 Å². The van der Waals surface area contributed by atoms with E-state index in [1.165, 1.54) is 11.6 Å². The monoisotopic (exact) mass is 341 g/mol. The second-order valence-corrected chi connectivity index (χ2v) is 6.70. The number of aliphatic hydroxyl groups excluding tert-OH is 1. The summed E-state index contributed by atoms with van der Waals surface area (Å²) >= 11 is 0. The number of carbonyl (C=O) groups excluding carboxylic acids is 1. The Labute approximate surface area is 147 Å². The van der Waals surface area contributed by atoms with E-state index in [0.717, 1.165) is 29.5 Å². The molecule has 0 aliphatic heterocycles. The number of carbonyl (C=O) groups is 1. The third-order valence-electron chi connectivity index (χ3n) is 5.01. The van der Waals surface area contributed by atoms with Crippen LogP contribution in [0.25, 0.3) is 0 Å². The van der Waals surface area contributed by atoms with Gasteiger partial charge in [0.25, 0.3) is 0 Å². The van der Waals surface area contributed by atoms with Gasteiger partial charge in [0.05, 0.1) is 6.61 Å². The Kier molecular flexibility index (Phi) is 5.49. The summed E-state index contributed by atoms with van der Waals surface area (Å²) in [6.07, 6.45) is 2.88. The number of aryl methyl sites for hydroxylation is 1. The van der Waals surface area contributed by atoms with Crippen molar-refractivity contribution in [2.24, 2.45) is 0 Å². The number of benzene rings is 2. The first kappa shape index (κ1) is 17.6. The van der Waals surface area contributed by atoms with Gasteiger partial charge in [0.15, 0.2) is 0 Å². The molecule has 3 nitrogen and oxygen atoms in total. The van der Waals surface area contributed by atoms with Crippen molar-refractivity contribution in [3.05, 3.63) is 70.5 Å². The van der Waals surface area contributed by atoms with Crippen molar-refractivity contribution in [1.82, 2.24) is 5.32 Å². The summed E-state index contributed by atoms with van der Waals surface area (Å²) in [6.45, 7) is 1.84. The minimum Gasteiger partial charge on any atom is -0.392 e. The number of hydrogen-bond donors (Lipinski definition) is 2. The molecule has 0 radical (unpaired) electrons. The predicted octanol–water partition coefficient (Wildman–Crippen LogP) is 3.49. The smallest absolute Gasteiger partial charge is 0.219 e. The number of amides is 1. The molecule has 1 amide bonds. The molecule has 0 saturated carbocycles. The molecule has 2 N–H and O–H groups in total. The molecule has 0 fully saturated rings. The minimum atomic E-state index is -0.244. The summed E-state index contributed by atoms with van der Waals surface area (Å²) < 4.78 is 13.6. The summed E-state index contributed by atoms with van der Waals surface area (Å²) in [4.78, 5) is 12.0. The lowest BCUT2D eigenvalue weighted by Gasteiger charge is -2.35. The Morgan fingerprint density at radius 1 is 1.24 bits per heavy atom. The zero-order valence-electron chi connectivity index (χ0n) is 14.5. The molecule has 2 atom stereocenters. The van der Waals surface area contributed by atoms with Crippen LogP contribution in [0, 0.1) is 5.82 Å². The Bertz CT molecular complexity index is 759. The van der Waals surface area contributed by atoms with Crippen LogP contribution < -0.4 is 5.32 Å². The van der Waals surface area contributed by atoms with Crippen molar-refractivity contribution in [3.8, 4) is 0 Å². The van der Waals surface area contributed by atoms with Gasteiger partial charge in [-0.05, 0) is 53.6 Å². The van der Waals surface area contributed by atoms with E-state index in [1.807, 2.05) is 25.1 Å². The van der Waals surface area contributed by atoms with Crippen molar-refractivity contribution in [2.45, 2.75) is 51.2 Å². The standard InChI is InChI=1S/C21H24FNO2/c1-2-21(25)23-20-9-8-16-7-6-15(13-24)12-18(16)19(20)11-14-4-3-5-17(22)10-14/h3-7,10,12,19-20,24H,2,8-9,11,13H2,1H3,(H,23,25)/t19-,20+/m1/s1. The average Bonchev–Trinajstić information content (AvgIpc) is 2.63. The van der Waals surface area contributed by atoms with Gasteiger partial charge in [-0.1, -0.05) is 37.3 Å². The SMILES string of the molecule is CCC(=O)N[C@H]1CCc2ccc(CO)cc2[C@H]1Cc1cccc(F)c1. The van der Waals surface area contributed by atoms with Crippen LogP contribution in [0.15, 0.2) is 42.5 Å². The molecule has 132 valence electrons. The second-order valence-electron chi connectivity index (χ2n) is 6.70. The van der Waals surface area contributed by atoms with Gasteiger partial charge in [0.1, 0.15) is 5.82 Å². The van der Waals surface area contributed by atoms with Crippen molar-refractivity contribution in [2.75, 3.05) is 0 Å². The molecule has 4 heteroatoms. The topological polar surface area (TPSA) is 49.3 Å². The highest BCUT2D eigenvalue weighted by Gasteiger charge is 2.30. The van der Waals surface area contributed by atoms with Crippen LogP contribution in [-0.2, 0) is 24.2 Å². The highest BCUT2D eigenvalue weighted by Crippen LogP contribution is 2.35. The van der Waals surface area contributed by atoms with Gasteiger partial charge in [-0.25, -0.2) is 4.39 Å². The maximum absolute atomic E-state index is 13.6. The number of halogens is 1. The van der Waals surface area contributed by atoms with Crippen LogP contribution in [0.3, 0.4) is 0 Å². The normalized spacial score (nSPS) is 19.3. The third-order valence-corrected chi connectivity index (χ3v) is 5.01. The van der Waals surface area contributed by atoms with Gasteiger partial charge < -0.3 is 10.4 Å². The fourth-order valence-electron chi connectivity index (χ4n) is 3.70. The number of rotatable bonds is 5. The largest absolute Gasteiger partial charge is 0.392 e. The number of aliphatic hydroxyl groups is 1. The number of nitrogens with one attached hydrogen (secondary N) is 1. The third kappa shape index (κ3) is 4.07. The molecule has 0 spiro atoms. The Balaban J connectivity index is 1.96. The van der Waals surface area contributed by atoms with Crippen LogP contribution in [0.5, 0.6) is 0 Å². The molecule has 3 rings (SSSR count). The molecule has 1 aliphatic rings. The summed E-state index contributed by atoms with van der Waals surface area (Å²) in [5.41, 5.74) is 4.19. The first-order valence-electron chi connectivity index (χ1n) is 8.87. The lowest BCUT2D eigenvalue weighted by Crippen LogP contribution is -2.42. The summed E-state index contributed by atoms with van der Waals surface area (Å²) in [5, 5.41) is 12.6. The number of fused-ring (bicyclic) bond motifs is 1. The zero-order valence-corrected chi connectivity index (χ0v) is 14.5. The highest BCUT2D eigenvalue weighted by molar-refractivity contribution is 5.76. The van der Waals surface area contributed by atoms with E-state index >= 15 is 0 Å². The van der Waals surface area contributed by atoms with Crippen LogP contribution in [-0.4, -0.2) is 17.1 Å². The predicted molar refractivity (Wildman–Crippen MR) is 95.8 cm³/mol. The van der Waals surface area contributed by atoms with Crippen LogP contribution >= 0.6 is 0 Å². The number of hydrogen-bond acceptors (Lipinski definition) is 2. The second kappa shape index (κ2) is 7.79. The van der Waals surface area contributed by atoms with Crippen LogP contribution in [0.1, 0.15) is 47.9 Å². The molecule has 0 bridgehead atoms. The quantitative estimate of drug-likeness (QED) is 0.875. The molecule has 0 saturated heterocycles. The fourth-order valence-corrected chi connectivity index (χ4v) is 3.70. The van der Waals surface area contributed by atoms with E-state index in [-0.39, 0.29) is 30.3 Å². The van der Waals surface area contributed by atoms with Gasteiger partial charge in [-0.15, -0.1) is 0 Å². The first-order valence-corrected chi connectivity index (χ1v) is 8.87. The first-order chi connectivity index (χ1) is 12.1. The molecule has 2 aromatic carbocycles. The van der Waals surface area contributed by atoms with Crippen molar-refractivity contribution >= 4 is 5.91 Å². The average molecular weight is 341 g/mol. The van der Waals surface area contributed by atoms with E-state index in [1.54, 1.807) is 12.1 Å². The maximum Gasteiger partial charge on any atom is 0.219 e. The molecular weight excluding hydrogens is 317 g/mol. The van der Waals surface area contributed by atoms with E-state index in [9.17, 15) is 14.3 Å². The molecule has 0 heterocycles. The zero-order chi connectivity index (χ0) is 17.8. The summed E-state index contributed by atoms with van der Waals surface area (Å²) in [7, 11) is 0. The van der Waals surface area contributed by atoms with E-state index in [4.69, 9.17) is 0 Å². The molecule has 25 heavy (non-hydrogen) atoms. The lowest BCUT2D eigenvalue weighted by atomic mass is 9.75. The summed E-state index contributed by atoms with van der Waals surface area (Å²) in [6, 6.07) is 12.7. The molecule has 0 unspecified atom stereocenters. The van der Waals surface area contributed by atoms with E-state index < -0.39 is 0 Å². The minimum absolute atomic E-state index is 0.00799. The van der Waals surface area contributed by atoms with Crippen LogP contribution in [0.2, 0.25) is 0 Å². The van der Waals surface area contributed by atoms with Crippen molar-refractivity contribution < 1.29 is 14.3 Å². The van der Waals surface area contributed by atoms with Crippen molar-refractivity contribution in [3.63, 3.8) is 0 Å². The molecular formula is C21H24FNO2. The Hall–Kier alpha value is -2.20. The van der Waals surface area contributed by atoms with Gasteiger partial charge in [-0.3, -0.25) is 4.79 Å². The maximum atomic E-state index is 13.6. The van der Waals surface area contributed by atoms with Gasteiger partial charge in [-0.2, -0.15) is 0 Å². The lowest BCUT2D eigenvalue weighted by molar-refractivity contribution is -0.121. The van der Waals surface area contributed by atoms with Gasteiger partial charge in [0.2, 0.25) is 5.91 Å². The molecule has 0 aromatic heterocycles. The molecule has 1 aliphatic carbocycles. The van der Waals surface area contributed by atoms with Gasteiger partial charge in [0, 0.05) is 18.4 Å². The Morgan fingerprint density at radius 3 is 2.80 bits per heavy atom. The Morgan fingerprint density at radius 2 is 2.08 bits per heavy atom. The summed E-state index contributed by atoms with van der Waals surface area (Å²) in [5.74, 6) is -0.129. The van der Waals surface area contributed by atoms with Crippen LogP contribution in [0.4, 0.5) is 4.39 Å². The fraction of sp³-hybridized carbons (Fsp3) is 0.381. The van der Waals surface area contributed by atoms with E-state index in [0.29, 0.717) is 12.8 Å². The van der Waals surface area contributed by atoms with Gasteiger partial charge >= 0.3 is 0 Å². The highest BCUT2D eigenvalue weighted by atomic mass is 19.1.